The fourth-order valence-corrected chi connectivity index (χ4v) is 2.79. The monoisotopic (exact) mass is 325 g/mol. The van der Waals surface area contributed by atoms with Crippen LogP contribution < -0.4 is 10.1 Å². The molecule has 0 fully saturated rings. The minimum absolute atomic E-state index is 0.184. The second-order valence-corrected chi connectivity index (χ2v) is 5.54. The van der Waals surface area contributed by atoms with E-state index in [1.54, 1.807) is 22.9 Å². The molecule has 2 heterocycles. The van der Waals surface area contributed by atoms with Gasteiger partial charge >= 0.3 is 0 Å². The Bertz CT molecular complexity index is 692. The van der Waals surface area contributed by atoms with Gasteiger partial charge in [0.1, 0.15) is 11.4 Å². The van der Waals surface area contributed by atoms with Crippen molar-refractivity contribution in [3.05, 3.63) is 39.6 Å². The molecular formula is C14H13Cl2N3O2. The lowest BCUT2D eigenvalue weighted by Gasteiger charge is -2.15. The van der Waals surface area contributed by atoms with Crippen molar-refractivity contribution in [2.75, 3.05) is 6.54 Å². The van der Waals surface area contributed by atoms with Crippen LogP contribution in [0.1, 0.15) is 23.1 Å². The molecule has 110 valence electrons. The summed E-state index contributed by atoms with van der Waals surface area (Å²) < 4.78 is 7.54. The molecule has 1 amide bonds. The van der Waals surface area contributed by atoms with E-state index in [0.29, 0.717) is 46.7 Å². The summed E-state index contributed by atoms with van der Waals surface area (Å²) in [6.45, 7) is 3.16. The number of hydrogen-bond donors (Lipinski definition) is 1. The second kappa shape index (κ2) is 5.58. The Labute approximate surface area is 131 Å². The number of amides is 1. The SMILES string of the molecule is CCc1nn2c(c1Oc1cc(Cl)cc(Cl)c1)C(=O)NCC2. The maximum atomic E-state index is 12.1. The molecule has 0 atom stereocenters. The maximum absolute atomic E-state index is 12.1. The van der Waals surface area contributed by atoms with E-state index in [0.717, 1.165) is 5.69 Å². The zero-order valence-electron chi connectivity index (χ0n) is 11.3. The van der Waals surface area contributed by atoms with Crippen LogP contribution in [0.2, 0.25) is 10.0 Å². The maximum Gasteiger partial charge on any atom is 0.273 e. The average molecular weight is 326 g/mol. The topological polar surface area (TPSA) is 56.2 Å². The predicted octanol–water partition coefficient (Wildman–Crippen LogP) is 3.29. The normalized spacial score (nSPS) is 13.8. The lowest BCUT2D eigenvalue weighted by Crippen LogP contribution is -2.35. The molecule has 1 N–H and O–H groups in total. The number of carbonyl (C=O) groups excluding carboxylic acids is 1. The average Bonchev–Trinajstić information content (AvgIpc) is 2.77. The molecule has 0 spiro atoms. The van der Waals surface area contributed by atoms with Crippen LogP contribution in [0.3, 0.4) is 0 Å². The molecule has 1 aliphatic rings. The Morgan fingerprint density at radius 3 is 2.71 bits per heavy atom. The molecule has 0 aliphatic carbocycles. The quantitative estimate of drug-likeness (QED) is 0.942. The number of benzene rings is 1. The number of halogens is 2. The lowest BCUT2D eigenvalue weighted by atomic mass is 10.2. The first-order valence-electron chi connectivity index (χ1n) is 6.60. The van der Waals surface area contributed by atoms with Crippen molar-refractivity contribution >= 4 is 29.1 Å². The highest BCUT2D eigenvalue weighted by atomic mass is 35.5. The fourth-order valence-electron chi connectivity index (χ4n) is 2.28. The van der Waals surface area contributed by atoms with Gasteiger partial charge in [0.2, 0.25) is 0 Å². The summed E-state index contributed by atoms with van der Waals surface area (Å²) in [4.78, 5) is 12.1. The van der Waals surface area contributed by atoms with E-state index in [-0.39, 0.29) is 5.91 Å². The standard InChI is InChI=1S/C14H13Cl2N3O2/c1-2-11-13(12-14(20)17-3-4-19(12)18-11)21-10-6-8(15)5-9(16)7-10/h5-7H,2-4H2,1H3,(H,17,20). The molecule has 1 aliphatic heterocycles. The number of nitrogens with zero attached hydrogens (tertiary/aromatic N) is 2. The summed E-state index contributed by atoms with van der Waals surface area (Å²) in [6.07, 6.45) is 0.664. The molecule has 3 rings (SSSR count). The van der Waals surface area contributed by atoms with Crippen molar-refractivity contribution in [1.29, 1.82) is 0 Å². The van der Waals surface area contributed by atoms with E-state index >= 15 is 0 Å². The van der Waals surface area contributed by atoms with Crippen LogP contribution in [0.15, 0.2) is 18.2 Å². The van der Waals surface area contributed by atoms with Gasteiger partial charge in [-0.3, -0.25) is 9.48 Å². The molecule has 1 aromatic carbocycles. The Kier molecular flexibility index (Phi) is 3.78. The third kappa shape index (κ3) is 2.71. The first kappa shape index (κ1) is 14.2. The van der Waals surface area contributed by atoms with Gasteiger partial charge < -0.3 is 10.1 Å². The first-order chi connectivity index (χ1) is 10.1. The minimum Gasteiger partial charge on any atom is -0.453 e. The van der Waals surface area contributed by atoms with Crippen molar-refractivity contribution in [3.63, 3.8) is 0 Å². The van der Waals surface area contributed by atoms with Gasteiger partial charge in [-0.25, -0.2) is 0 Å². The Morgan fingerprint density at radius 1 is 1.33 bits per heavy atom. The number of aryl methyl sites for hydroxylation is 1. The molecule has 21 heavy (non-hydrogen) atoms. The molecule has 7 heteroatoms. The summed E-state index contributed by atoms with van der Waals surface area (Å²) in [5.41, 5.74) is 1.17. The highest BCUT2D eigenvalue weighted by Gasteiger charge is 2.27. The van der Waals surface area contributed by atoms with Gasteiger partial charge in [0.15, 0.2) is 11.4 Å². The molecule has 0 radical (unpaired) electrons. The number of ether oxygens (including phenoxy) is 1. The number of hydrogen-bond acceptors (Lipinski definition) is 3. The molecule has 5 nitrogen and oxygen atoms in total. The predicted molar refractivity (Wildman–Crippen MR) is 80.5 cm³/mol. The Balaban J connectivity index is 2.05. The van der Waals surface area contributed by atoms with Gasteiger partial charge in [0.25, 0.3) is 5.91 Å². The molecule has 1 aromatic heterocycles. The summed E-state index contributed by atoms with van der Waals surface area (Å²) in [5.74, 6) is 0.765. The van der Waals surface area contributed by atoms with Crippen LogP contribution in [-0.2, 0) is 13.0 Å². The lowest BCUT2D eigenvalue weighted by molar-refractivity contribution is 0.0921. The molecular weight excluding hydrogens is 313 g/mol. The largest absolute Gasteiger partial charge is 0.453 e. The van der Waals surface area contributed by atoms with Gasteiger partial charge in [0, 0.05) is 16.6 Å². The Morgan fingerprint density at radius 2 is 2.05 bits per heavy atom. The van der Waals surface area contributed by atoms with E-state index in [1.165, 1.54) is 0 Å². The van der Waals surface area contributed by atoms with Crippen molar-refractivity contribution in [3.8, 4) is 11.5 Å². The third-order valence-electron chi connectivity index (χ3n) is 3.19. The van der Waals surface area contributed by atoms with Crippen molar-refractivity contribution in [2.24, 2.45) is 0 Å². The zero-order valence-corrected chi connectivity index (χ0v) is 12.8. The van der Waals surface area contributed by atoms with Gasteiger partial charge in [-0.15, -0.1) is 0 Å². The van der Waals surface area contributed by atoms with Gasteiger partial charge in [0.05, 0.1) is 6.54 Å². The smallest absolute Gasteiger partial charge is 0.273 e. The summed E-state index contributed by atoms with van der Waals surface area (Å²) in [7, 11) is 0. The van der Waals surface area contributed by atoms with Crippen molar-refractivity contribution in [2.45, 2.75) is 19.9 Å². The zero-order chi connectivity index (χ0) is 15.0. The fraction of sp³-hybridized carbons (Fsp3) is 0.286. The van der Waals surface area contributed by atoms with Crippen LogP contribution in [0.4, 0.5) is 0 Å². The van der Waals surface area contributed by atoms with E-state index in [9.17, 15) is 4.79 Å². The number of aromatic nitrogens is 2. The Hall–Kier alpha value is -1.72. The van der Waals surface area contributed by atoms with Gasteiger partial charge in [-0.1, -0.05) is 30.1 Å². The van der Waals surface area contributed by atoms with Crippen LogP contribution in [-0.4, -0.2) is 22.2 Å². The highest BCUT2D eigenvalue weighted by Crippen LogP contribution is 2.33. The second-order valence-electron chi connectivity index (χ2n) is 4.66. The van der Waals surface area contributed by atoms with E-state index in [4.69, 9.17) is 27.9 Å². The van der Waals surface area contributed by atoms with E-state index in [1.807, 2.05) is 6.92 Å². The number of carbonyl (C=O) groups is 1. The molecule has 2 aromatic rings. The first-order valence-corrected chi connectivity index (χ1v) is 7.36. The van der Waals surface area contributed by atoms with Crippen LogP contribution in [0.25, 0.3) is 0 Å². The van der Waals surface area contributed by atoms with Crippen LogP contribution >= 0.6 is 23.2 Å². The highest BCUT2D eigenvalue weighted by molar-refractivity contribution is 6.34. The van der Waals surface area contributed by atoms with Gasteiger partial charge in [-0.2, -0.15) is 5.10 Å². The third-order valence-corrected chi connectivity index (χ3v) is 3.63. The summed E-state index contributed by atoms with van der Waals surface area (Å²) in [6, 6.07) is 4.92. The molecule has 0 unspecified atom stereocenters. The summed E-state index contributed by atoms with van der Waals surface area (Å²) in [5, 5.41) is 8.16. The molecule has 0 bridgehead atoms. The van der Waals surface area contributed by atoms with E-state index < -0.39 is 0 Å². The van der Waals surface area contributed by atoms with Crippen LogP contribution in [0, 0.1) is 0 Å². The summed E-state index contributed by atoms with van der Waals surface area (Å²) >= 11 is 11.9. The van der Waals surface area contributed by atoms with E-state index in [2.05, 4.69) is 10.4 Å². The minimum atomic E-state index is -0.184. The van der Waals surface area contributed by atoms with Crippen molar-refractivity contribution in [1.82, 2.24) is 15.1 Å². The number of fused-ring (bicyclic) bond motifs is 1. The van der Waals surface area contributed by atoms with Gasteiger partial charge in [-0.05, 0) is 24.6 Å². The number of rotatable bonds is 3. The van der Waals surface area contributed by atoms with Crippen LogP contribution in [0.5, 0.6) is 11.5 Å². The molecule has 0 saturated heterocycles. The number of nitrogens with one attached hydrogen (secondary N) is 1. The molecule has 0 saturated carbocycles. The van der Waals surface area contributed by atoms with Crippen molar-refractivity contribution < 1.29 is 9.53 Å².